The number of aliphatic hydroxyl groups excluding tert-OH is 1. The van der Waals surface area contributed by atoms with E-state index in [2.05, 4.69) is 5.32 Å². The van der Waals surface area contributed by atoms with Gasteiger partial charge >= 0.3 is 6.09 Å². The van der Waals surface area contributed by atoms with Gasteiger partial charge in [0.1, 0.15) is 11.3 Å². The minimum Gasteiger partial charge on any atom is -0.444 e. The quantitative estimate of drug-likeness (QED) is 0.880. The summed E-state index contributed by atoms with van der Waals surface area (Å²) in [6.45, 7) is 5.27. The van der Waals surface area contributed by atoms with Crippen LogP contribution in [0.5, 0.6) is 0 Å². The molecule has 2 N–H and O–H groups in total. The van der Waals surface area contributed by atoms with E-state index in [1.807, 2.05) is 0 Å². The molecule has 1 heterocycles. The monoisotopic (exact) mass is 308 g/mol. The molecular formula is C16H24N2O4. The van der Waals surface area contributed by atoms with Crippen LogP contribution >= 0.6 is 0 Å². The number of anilines is 1. The van der Waals surface area contributed by atoms with Crippen molar-refractivity contribution >= 4 is 11.8 Å². The van der Waals surface area contributed by atoms with Crippen molar-refractivity contribution in [2.75, 3.05) is 5.32 Å². The number of aliphatic hydroxyl groups is 1. The molecule has 1 aliphatic rings. The lowest BCUT2D eigenvalue weighted by molar-refractivity contribution is 0.0635. The number of carbonyl (C=O) groups excluding carboxylic acids is 1. The van der Waals surface area contributed by atoms with Gasteiger partial charge in [-0.05, 0) is 45.7 Å². The molecule has 122 valence electrons. The Morgan fingerprint density at radius 3 is 2.68 bits per heavy atom. The fourth-order valence-corrected chi connectivity index (χ4v) is 2.70. The average molecular weight is 308 g/mol. The highest BCUT2D eigenvalue weighted by Crippen LogP contribution is 2.27. The Balaban J connectivity index is 2.19. The maximum Gasteiger partial charge on any atom is 0.412 e. The summed E-state index contributed by atoms with van der Waals surface area (Å²) in [5.41, 5.74) is -0.786. The zero-order valence-corrected chi connectivity index (χ0v) is 13.3. The molecule has 1 amide bonds. The highest BCUT2D eigenvalue weighted by atomic mass is 16.6. The van der Waals surface area contributed by atoms with Crippen molar-refractivity contribution in [3.63, 3.8) is 0 Å². The highest BCUT2D eigenvalue weighted by Gasteiger charge is 2.26. The van der Waals surface area contributed by atoms with Crippen molar-refractivity contribution in [2.24, 2.45) is 0 Å². The van der Waals surface area contributed by atoms with Crippen LogP contribution in [0.1, 0.15) is 52.5 Å². The van der Waals surface area contributed by atoms with E-state index in [4.69, 9.17) is 4.74 Å². The first-order chi connectivity index (χ1) is 10.3. The summed E-state index contributed by atoms with van der Waals surface area (Å²) in [6, 6.07) is 2.99. The van der Waals surface area contributed by atoms with Gasteiger partial charge in [-0.3, -0.25) is 10.1 Å². The molecule has 2 atom stereocenters. The van der Waals surface area contributed by atoms with E-state index >= 15 is 0 Å². The van der Waals surface area contributed by atoms with E-state index in [-0.39, 0.29) is 17.3 Å². The minimum atomic E-state index is -0.661. The number of hydrogen-bond donors (Lipinski definition) is 2. The second-order valence-corrected chi connectivity index (χ2v) is 6.68. The lowest BCUT2D eigenvalue weighted by Crippen LogP contribution is -2.36. The molecule has 0 saturated heterocycles. The number of ether oxygens (including phenoxy) is 1. The molecule has 1 aromatic rings. The van der Waals surface area contributed by atoms with Crippen molar-refractivity contribution in [3.05, 3.63) is 28.7 Å². The van der Waals surface area contributed by atoms with E-state index < -0.39 is 17.8 Å². The van der Waals surface area contributed by atoms with E-state index in [0.29, 0.717) is 6.42 Å². The SMILES string of the molecule is CC(C)(C)OC(=O)Nc1cccn([C@@H]2CCCC[C@@H]2O)c1=O. The fraction of sp³-hybridized carbons (Fsp3) is 0.625. The molecule has 0 bridgehead atoms. The molecule has 1 aromatic heterocycles. The van der Waals surface area contributed by atoms with Crippen LogP contribution in [-0.2, 0) is 4.74 Å². The third kappa shape index (κ3) is 4.10. The van der Waals surface area contributed by atoms with Crippen molar-refractivity contribution in [1.29, 1.82) is 0 Å². The van der Waals surface area contributed by atoms with E-state index in [1.165, 1.54) is 10.6 Å². The summed E-state index contributed by atoms with van der Waals surface area (Å²) in [7, 11) is 0. The van der Waals surface area contributed by atoms with Gasteiger partial charge in [-0.2, -0.15) is 0 Å². The molecule has 1 fully saturated rings. The van der Waals surface area contributed by atoms with Gasteiger partial charge in [0.25, 0.3) is 5.56 Å². The molecule has 0 radical (unpaired) electrons. The van der Waals surface area contributed by atoms with Gasteiger partial charge < -0.3 is 14.4 Å². The molecule has 0 unspecified atom stereocenters. The number of hydrogen-bond acceptors (Lipinski definition) is 4. The molecule has 0 aliphatic heterocycles. The Morgan fingerprint density at radius 2 is 2.05 bits per heavy atom. The van der Waals surface area contributed by atoms with Crippen LogP contribution in [0.3, 0.4) is 0 Å². The van der Waals surface area contributed by atoms with Crippen LogP contribution in [-0.4, -0.2) is 27.5 Å². The molecule has 6 nitrogen and oxygen atoms in total. The molecule has 0 aromatic carbocycles. The number of carbonyl (C=O) groups is 1. The predicted molar refractivity (Wildman–Crippen MR) is 84.1 cm³/mol. The summed E-state index contributed by atoms with van der Waals surface area (Å²) in [5.74, 6) is 0. The predicted octanol–water partition coefficient (Wildman–Crippen LogP) is 2.67. The Morgan fingerprint density at radius 1 is 1.36 bits per heavy atom. The average Bonchev–Trinajstić information content (AvgIpc) is 2.40. The summed E-state index contributed by atoms with van der Waals surface area (Å²) >= 11 is 0. The third-order valence-electron chi connectivity index (χ3n) is 3.66. The number of nitrogens with one attached hydrogen (secondary N) is 1. The van der Waals surface area contributed by atoms with Crippen LogP contribution < -0.4 is 10.9 Å². The molecule has 6 heteroatoms. The fourth-order valence-electron chi connectivity index (χ4n) is 2.70. The summed E-state index contributed by atoms with van der Waals surface area (Å²) in [6.07, 6.45) is 3.88. The van der Waals surface area contributed by atoms with Crippen LogP contribution in [0, 0.1) is 0 Å². The number of pyridine rings is 1. The van der Waals surface area contributed by atoms with E-state index in [9.17, 15) is 14.7 Å². The smallest absolute Gasteiger partial charge is 0.412 e. The van der Waals surface area contributed by atoms with Crippen LogP contribution in [0.2, 0.25) is 0 Å². The van der Waals surface area contributed by atoms with Gasteiger partial charge in [0.05, 0.1) is 12.1 Å². The van der Waals surface area contributed by atoms with Crippen molar-refractivity contribution in [2.45, 2.75) is 64.2 Å². The molecular weight excluding hydrogens is 284 g/mol. The summed E-state index contributed by atoms with van der Waals surface area (Å²) in [4.78, 5) is 24.3. The van der Waals surface area contributed by atoms with Crippen molar-refractivity contribution < 1.29 is 14.6 Å². The Bertz CT molecular complexity index is 589. The lowest BCUT2D eigenvalue weighted by Gasteiger charge is -2.29. The summed E-state index contributed by atoms with van der Waals surface area (Å²) < 4.78 is 6.67. The van der Waals surface area contributed by atoms with Gasteiger partial charge in [0.15, 0.2) is 0 Å². The highest BCUT2D eigenvalue weighted by molar-refractivity contribution is 5.84. The second kappa shape index (κ2) is 6.52. The number of aromatic nitrogens is 1. The number of rotatable bonds is 2. The Labute approximate surface area is 130 Å². The van der Waals surface area contributed by atoms with Crippen LogP contribution in [0.4, 0.5) is 10.5 Å². The number of amides is 1. The molecule has 1 saturated carbocycles. The molecule has 1 aliphatic carbocycles. The largest absolute Gasteiger partial charge is 0.444 e. The Kier molecular flexibility index (Phi) is 4.90. The Hall–Kier alpha value is -1.82. The van der Waals surface area contributed by atoms with Gasteiger partial charge in [-0.1, -0.05) is 12.8 Å². The summed E-state index contributed by atoms with van der Waals surface area (Å²) in [5, 5.41) is 12.6. The zero-order chi connectivity index (χ0) is 16.3. The molecule has 22 heavy (non-hydrogen) atoms. The first kappa shape index (κ1) is 16.5. The topological polar surface area (TPSA) is 80.6 Å². The van der Waals surface area contributed by atoms with Crippen LogP contribution in [0.25, 0.3) is 0 Å². The van der Waals surface area contributed by atoms with Gasteiger partial charge in [0.2, 0.25) is 0 Å². The molecule has 0 spiro atoms. The lowest BCUT2D eigenvalue weighted by atomic mass is 9.92. The van der Waals surface area contributed by atoms with Crippen LogP contribution in [0.15, 0.2) is 23.1 Å². The van der Waals surface area contributed by atoms with E-state index in [0.717, 1.165) is 19.3 Å². The molecule has 2 rings (SSSR count). The van der Waals surface area contributed by atoms with Crippen molar-refractivity contribution in [3.8, 4) is 0 Å². The minimum absolute atomic E-state index is 0.162. The maximum absolute atomic E-state index is 12.5. The second-order valence-electron chi connectivity index (χ2n) is 6.68. The third-order valence-corrected chi connectivity index (χ3v) is 3.66. The van der Waals surface area contributed by atoms with E-state index in [1.54, 1.807) is 33.0 Å². The number of nitrogens with zero attached hydrogens (tertiary/aromatic N) is 1. The first-order valence-electron chi connectivity index (χ1n) is 7.67. The van der Waals surface area contributed by atoms with Crippen molar-refractivity contribution in [1.82, 2.24) is 4.57 Å². The normalized spacial score (nSPS) is 22.2. The zero-order valence-electron chi connectivity index (χ0n) is 13.3. The first-order valence-corrected chi connectivity index (χ1v) is 7.67. The van der Waals surface area contributed by atoms with Gasteiger partial charge in [-0.15, -0.1) is 0 Å². The van der Waals surface area contributed by atoms with Gasteiger partial charge in [0, 0.05) is 6.20 Å². The standard InChI is InChI=1S/C16H24N2O4/c1-16(2,3)22-15(21)17-11-7-6-10-18(14(11)20)12-8-4-5-9-13(12)19/h6-7,10,12-13,19H,4-5,8-9H2,1-3H3,(H,17,21)/t12-,13+/m1/s1. The van der Waals surface area contributed by atoms with Gasteiger partial charge in [-0.25, -0.2) is 4.79 Å². The maximum atomic E-state index is 12.5.